The van der Waals surface area contributed by atoms with Crippen molar-refractivity contribution < 1.29 is 4.74 Å². The number of hydrogen-bond donors (Lipinski definition) is 0. The van der Waals surface area contributed by atoms with Crippen molar-refractivity contribution in [2.45, 2.75) is 0 Å². The van der Waals surface area contributed by atoms with Crippen LogP contribution >= 0.6 is 15.9 Å². The zero-order valence-corrected chi connectivity index (χ0v) is 6.07. The summed E-state index contributed by atoms with van der Waals surface area (Å²) in [7, 11) is 0. The summed E-state index contributed by atoms with van der Waals surface area (Å²) < 4.78 is 4.90. The highest BCUT2D eigenvalue weighted by atomic mass is 79.9. The largest absolute Gasteiger partial charge is 0.365 e. The fraction of sp³-hybridized carbons (Fsp3) is 0.333. The van der Waals surface area contributed by atoms with Crippen LogP contribution in [0.5, 0.6) is 0 Å². The highest BCUT2D eigenvalue weighted by Crippen LogP contribution is 1.74. The van der Waals surface area contributed by atoms with Gasteiger partial charge in [0.15, 0.2) is 0 Å². The molecule has 0 atom stereocenters. The number of hydrogen-bond acceptors (Lipinski definition) is 1. The van der Waals surface area contributed by atoms with Gasteiger partial charge in [0, 0.05) is 15.9 Å². The second-order valence-corrected chi connectivity index (χ2v) is 1.47. The van der Waals surface area contributed by atoms with Gasteiger partial charge in [-0.3, -0.25) is 0 Å². The smallest absolute Gasteiger partial charge is 0.109 e. The summed E-state index contributed by atoms with van der Waals surface area (Å²) in [6.45, 7) is 4.51. The minimum absolute atomic E-state index is 0.470. The molecular formula is C6H7BrO. The maximum absolute atomic E-state index is 4.90. The zero-order valence-electron chi connectivity index (χ0n) is 4.48. The van der Waals surface area contributed by atoms with Gasteiger partial charge in [-0.2, -0.15) is 0 Å². The highest BCUT2D eigenvalue weighted by molar-refractivity contribution is 9.12. The molecule has 0 aromatic heterocycles. The van der Waals surface area contributed by atoms with Gasteiger partial charge in [-0.1, -0.05) is 12.0 Å². The van der Waals surface area contributed by atoms with Gasteiger partial charge in [0.05, 0.1) is 6.61 Å². The third kappa shape index (κ3) is 5.74. The highest BCUT2D eigenvalue weighted by Gasteiger charge is 1.72. The van der Waals surface area contributed by atoms with Crippen LogP contribution in [-0.4, -0.2) is 13.2 Å². The van der Waals surface area contributed by atoms with Gasteiger partial charge < -0.3 is 4.74 Å². The average Bonchev–Trinajstić information content (AvgIpc) is 1.81. The lowest BCUT2D eigenvalue weighted by atomic mass is 10.7. The van der Waals surface area contributed by atoms with E-state index in [9.17, 15) is 0 Å². The van der Waals surface area contributed by atoms with Gasteiger partial charge in [0.1, 0.15) is 6.61 Å². The van der Waals surface area contributed by atoms with Crippen LogP contribution in [-0.2, 0) is 4.74 Å². The third-order valence-corrected chi connectivity index (χ3v) is 0.757. The van der Waals surface area contributed by atoms with Crippen LogP contribution in [0.3, 0.4) is 0 Å². The molecule has 0 bridgehead atoms. The lowest BCUT2D eigenvalue weighted by Crippen LogP contribution is -1.88. The molecule has 0 aliphatic heterocycles. The van der Waals surface area contributed by atoms with Gasteiger partial charge in [-0.05, 0) is 4.83 Å². The van der Waals surface area contributed by atoms with E-state index in [1.807, 2.05) is 0 Å². The minimum atomic E-state index is 0.470. The molecule has 0 heterocycles. The molecule has 8 heavy (non-hydrogen) atoms. The van der Waals surface area contributed by atoms with Crippen molar-refractivity contribution in [1.82, 2.24) is 0 Å². The molecule has 0 radical (unpaired) electrons. The molecule has 0 saturated heterocycles. The van der Waals surface area contributed by atoms with E-state index in [1.54, 1.807) is 6.08 Å². The minimum Gasteiger partial charge on any atom is -0.365 e. The number of ether oxygens (including phenoxy) is 1. The fourth-order valence-electron chi connectivity index (χ4n) is 0.221. The first-order valence-electron chi connectivity index (χ1n) is 2.19. The second kappa shape index (κ2) is 6.74. The van der Waals surface area contributed by atoms with Crippen molar-refractivity contribution in [3.8, 4) is 10.8 Å². The molecule has 0 N–H and O–H groups in total. The standard InChI is InChI=1S/C6H7BrO/c1-2-5-8-6-3-4-7/h2H,1,5-6H2. The van der Waals surface area contributed by atoms with Crippen molar-refractivity contribution in [3.63, 3.8) is 0 Å². The summed E-state index contributed by atoms with van der Waals surface area (Å²) in [6, 6.07) is 0. The Hall–Kier alpha value is -0.260. The summed E-state index contributed by atoms with van der Waals surface area (Å²) >= 11 is 2.93. The molecule has 0 aromatic rings. The predicted octanol–water partition coefficient (Wildman–Crippen LogP) is 1.54. The molecule has 0 aliphatic carbocycles. The maximum Gasteiger partial charge on any atom is 0.109 e. The molecule has 1 nitrogen and oxygen atoms in total. The average molecular weight is 175 g/mol. The molecule has 44 valence electrons. The molecule has 0 unspecified atom stereocenters. The fourth-order valence-corrected chi connectivity index (χ4v) is 0.335. The van der Waals surface area contributed by atoms with E-state index in [2.05, 4.69) is 33.3 Å². The van der Waals surface area contributed by atoms with E-state index in [1.165, 1.54) is 0 Å². The Labute approximate surface area is 57.9 Å². The van der Waals surface area contributed by atoms with Crippen molar-refractivity contribution in [3.05, 3.63) is 12.7 Å². The summed E-state index contributed by atoms with van der Waals surface area (Å²) in [6.07, 6.45) is 1.69. The zero-order chi connectivity index (χ0) is 6.24. The monoisotopic (exact) mass is 174 g/mol. The predicted molar refractivity (Wildman–Crippen MR) is 37.7 cm³/mol. The van der Waals surface area contributed by atoms with Crippen LogP contribution in [0.1, 0.15) is 0 Å². The summed E-state index contributed by atoms with van der Waals surface area (Å²) in [5.41, 5.74) is 0. The number of halogens is 1. The first-order chi connectivity index (χ1) is 3.91. The summed E-state index contributed by atoms with van der Waals surface area (Å²) in [5.74, 6) is 2.68. The van der Waals surface area contributed by atoms with Crippen LogP contribution in [0.15, 0.2) is 12.7 Å². The molecule has 0 fully saturated rings. The van der Waals surface area contributed by atoms with Crippen molar-refractivity contribution in [2.75, 3.05) is 13.2 Å². The van der Waals surface area contributed by atoms with E-state index >= 15 is 0 Å². The normalized spacial score (nSPS) is 7.12. The third-order valence-electron chi connectivity index (χ3n) is 0.477. The quantitative estimate of drug-likeness (QED) is 0.359. The molecule has 0 rings (SSSR count). The lowest BCUT2D eigenvalue weighted by molar-refractivity contribution is 0.199. The SMILES string of the molecule is C=CCOCC#CBr. The van der Waals surface area contributed by atoms with Crippen molar-refractivity contribution >= 4 is 15.9 Å². The molecule has 0 spiro atoms. The van der Waals surface area contributed by atoms with Crippen LogP contribution < -0.4 is 0 Å². The Kier molecular flexibility index (Phi) is 6.52. The van der Waals surface area contributed by atoms with E-state index in [0.29, 0.717) is 13.2 Å². The molecular weight excluding hydrogens is 168 g/mol. The van der Waals surface area contributed by atoms with E-state index in [-0.39, 0.29) is 0 Å². The van der Waals surface area contributed by atoms with Crippen molar-refractivity contribution in [1.29, 1.82) is 0 Å². The molecule has 0 saturated carbocycles. The Balaban J connectivity index is 2.89. The second-order valence-electron chi connectivity index (χ2n) is 1.08. The molecule has 0 aromatic carbocycles. The molecule has 2 heteroatoms. The molecule has 0 aliphatic rings. The lowest BCUT2D eigenvalue weighted by Gasteiger charge is -1.88. The Morgan fingerprint density at radius 2 is 2.50 bits per heavy atom. The first-order valence-corrected chi connectivity index (χ1v) is 2.98. The van der Waals surface area contributed by atoms with Crippen molar-refractivity contribution in [2.24, 2.45) is 0 Å². The van der Waals surface area contributed by atoms with Gasteiger partial charge in [0.25, 0.3) is 0 Å². The van der Waals surface area contributed by atoms with Gasteiger partial charge in [0.2, 0.25) is 0 Å². The Morgan fingerprint density at radius 3 is 3.00 bits per heavy atom. The van der Waals surface area contributed by atoms with E-state index < -0.39 is 0 Å². The first kappa shape index (κ1) is 7.74. The van der Waals surface area contributed by atoms with Gasteiger partial charge in [-0.15, -0.1) is 6.58 Å². The van der Waals surface area contributed by atoms with Gasteiger partial charge in [-0.25, -0.2) is 0 Å². The number of rotatable bonds is 3. The molecule has 0 amide bonds. The van der Waals surface area contributed by atoms with Crippen LogP contribution in [0.4, 0.5) is 0 Å². The van der Waals surface area contributed by atoms with Crippen LogP contribution in [0, 0.1) is 10.8 Å². The van der Waals surface area contributed by atoms with E-state index in [0.717, 1.165) is 0 Å². The Bertz CT molecular complexity index is 109. The topological polar surface area (TPSA) is 9.23 Å². The van der Waals surface area contributed by atoms with Crippen LogP contribution in [0.25, 0.3) is 0 Å². The summed E-state index contributed by atoms with van der Waals surface area (Å²) in [5, 5.41) is 0. The maximum atomic E-state index is 4.90. The van der Waals surface area contributed by atoms with E-state index in [4.69, 9.17) is 4.74 Å². The Morgan fingerprint density at radius 1 is 1.75 bits per heavy atom. The van der Waals surface area contributed by atoms with Gasteiger partial charge >= 0.3 is 0 Å². The van der Waals surface area contributed by atoms with Crippen LogP contribution in [0.2, 0.25) is 0 Å². The summed E-state index contributed by atoms with van der Waals surface area (Å²) in [4.78, 5) is 2.53.